The van der Waals surface area contributed by atoms with E-state index in [-0.39, 0.29) is 30.9 Å². The van der Waals surface area contributed by atoms with Crippen LogP contribution in [0, 0.1) is 17.6 Å². The first kappa shape index (κ1) is 22.8. The molecule has 0 radical (unpaired) electrons. The lowest BCUT2D eigenvalue weighted by Crippen LogP contribution is -2.46. The van der Waals surface area contributed by atoms with Gasteiger partial charge in [0.05, 0.1) is 13.2 Å². The number of benzene rings is 1. The number of amides is 1. The van der Waals surface area contributed by atoms with Crippen molar-refractivity contribution in [3.05, 3.63) is 29.3 Å². The van der Waals surface area contributed by atoms with Gasteiger partial charge in [0.15, 0.2) is 0 Å². The van der Waals surface area contributed by atoms with Crippen molar-refractivity contribution in [2.24, 2.45) is 5.92 Å². The summed E-state index contributed by atoms with van der Waals surface area (Å²) >= 11 is 0. The molecule has 2 fully saturated rings. The first-order valence-electron chi connectivity index (χ1n) is 10.3. The number of carbonyl (C=O) groups is 1. The molecule has 1 heterocycles. The highest BCUT2D eigenvalue weighted by Crippen LogP contribution is 2.28. The summed E-state index contributed by atoms with van der Waals surface area (Å²) in [7, 11) is 0. The summed E-state index contributed by atoms with van der Waals surface area (Å²) in [4.78, 5) is 13.3. The van der Waals surface area contributed by atoms with Gasteiger partial charge in [0.1, 0.15) is 29.1 Å². The van der Waals surface area contributed by atoms with Crippen LogP contribution in [0.1, 0.15) is 49.4 Å². The number of rotatable bonds is 9. The number of likely N-dealkylation sites (tertiary alicyclic amines) is 1. The van der Waals surface area contributed by atoms with Gasteiger partial charge < -0.3 is 10.1 Å². The van der Waals surface area contributed by atoms with Crippen molar-refractivity contribution in [3.8, 4) is 5.75 Å². The molecule has 1 amide bonds. The highest BCUT2D eigenvalue weighted by molar-refractivity contribution is 5.95. The Morgan fingerprint density at radius 1 is 1.23 bits per heavy atom. The van der Waals surface area contributed by atoms with Crippen molar-refractivity contribution in [3.63, 3.8) is 0 Å². The molecular weight excluding hydrogens is 407 g/mol. The molecule has 2 aliphatic rings. The van der Waals surface area contributed by atoms with Gasteiger partial charge in [-0.3, -0.25) is 9.69 Å². The predicted molar refractivity (Wildman–Crippen MR) is 102 cm³/mol. The number of nitrogens with one attached hydrogen (secondary N) is 1. The van der Waals surface area contributed by atoms with Crippen molar-refractivity contribution >= 4 is 5.91 Å². The van der Waals surface area contributed by atoms with Crippen LogP contribution in [0.5, 0.6) is 5.75 Å². The van der Waals surface area contributed by atoms with E-state index in [4.69, 9.17) is 4.74 Å². The Kier molecular flexibility index (Phi) is 7.21. The van der Waals surface area contributed by atoms with Crippen LogP contribution in [-0.4, -0.2) is 55.2 Å². The Morgan fingerprint density at radius 2 is 1.90 bits per heavy atom. The van der Waals surface area contributed by atoms with Crippen molar-refractivity contribution in [1.82, 2.24) is 10.2 Å². The van der Waals surface area contributed by atoms with Crippen LogP contribution in [0.3, 0.4) is 0 Å². The molecule has 0 aromatic heterocycles. The molecule has 0 spiro atoms. The first-order valence-corrected chi connectivity index (χ1v) is 10.3. The maximum atomic E-state index is 14.3. The highest BCUT2D eigenvalue weighted by atomic mass is 19.3. The molecule has 1 saturated heterocycles. The summed E-state index contributed by atoms with van der Waals surface area (Å²) < 4.78 is 74.1. The molecule has 168 valence electrons. The van der Waals surface area contributed by atoms with Crippen LogP contribution in [0.25, 0.3) is 0 Å². The van der Waals surface area contributed by atoms with E-state index in [0.29, 0.717) is 25.8 Å². The van der Waals surface area contributed by atoms with E-state index in [2.05, 4.69) is 5.32 Å². The van der Waals surface area contributed by atoms with Crippen molar-refractivity contribution in [1.29, 1.82) is 0 Å². The van der Waals surface area contributed by atoms with Gasteiger partial charge in [-0.05, 0) is 44.6 Å². The standard InChI is InChI=1S/C21H27F5N2O2/c1-21(25,26)12-28-7-6-13(18(24)11-28)3-2-8-30-15-9-16(22)19(17(23)10-15)20(29)27-14-4-5-14/h9-10,13-14,18H,2-8,11-12H2,1H3,(H,27,29). The number of carbonyl (C=O) groups excluding carboxylic acids is 1. The van der Waals surface area contributed by atoms with Crippen LogP contribution in [0.2, 0.25) is 0 Å². The van der Waals surface area contributed by atoms with E-state index in [9.17, 15) is 26.7 Å². The van der Waals surface area contributed by atoms with Gasteiger partial charge in [0.25, 0.3) is 11.8 Å². The van der Waals surface area contributed by atoms with Crippen molar-refractivity contribution in [2.75, 3.05) is 26.2 Å². The lowest BCUT2D eigenvalue weighted by Gasteiger charge is -2.35. The molecule has 3 rings (SSSR count). The maximum Gasteiger partial charge on any atom is 0.257 e. The molecular formula is C21H27F5N2O2. The summed E-state index contributed by atoms with van der Waals surface area (Å²) in [6.45, 7) is 0.898. The van der Waals surface area contributed by atoms with Crippen LogP contribution in [-0.2, 0) is 0 Å². The van der Waals surface area contributed by atoms with Gasteiger partial charge in [-0.1, -0.05) is 0 Å². The average molecular weight is 434 g/mol. The number of alkyl halides is 3. The summed E-state index contributed by atoms with van der Waals surface area (Å²) in [5.41, 5.74) is -0.626. The molecule has 4 nitrogen and oxygen atoms in total. The number of halogens is 5. The second-order valence-electron chi connectivity index (χ2n) is 8.37. The molecule has 2 unspecified atom stereocenters. The second-order valence-corrected chi connectivity index (χ2v) is 8.37. The van der Waals surface area contributed by atoms with Gasteiger partial charge in [0.2, 0.25) is 0 Å². The SMILES string of the molecule is CC(F)(F)CN1CCC(CCCOc2cc(F)c(C(=O)NC3CC3)c(F)c2)C(F)C1. The molecule has 1 N–H and O–H groups in total. The van der Waals surface area contributed by atoms with Crippen LogP contribution >= 0.6 is 0 Å². The Hall–Kier alpha value is -1.90. The number of nitrogens with zero attached hydrogens (tertiary/aromatic N) is 1. The minimum Gasteiger partial charge on any atom is -0.493 e. The first-order chi connectivity index (χ1) is 14.1. The number of hydrogen-bond donors (Lipinski definition) is 1. The molecule has 1 aromatic carbocycles. The molecule has 1 aliphatic heterocycles. The van der Waals surface area contributed by atoms with Crippen molar-refractivity contribution in [2.45, 2.75) is 57.2 Å². The maximum absolute atomic E-state index is 14.3. The predicted octanol–water partition coefficient (Wildman–Crippen LogP) is 4.33. The Balaban J connectivity index is 1.43. The molecule has 2 atom stereocenters. The van der Waals surface area contributed by atoms with E-state index >= 15 is 0 Å². The summed E-state index contributed by atoms with van der Waals surface area (Å²) in [5, 5.41) is 2.54. The third-order valence-corrected chi connectivity index (χ3v) is 5.40. The smallest absolute Gasteiger partial charge is 0.257 e. The minimum atomic E-state index is -2.85. The van der Waals surface area contributed by atoms with Gasteiger partial charge >= 0.3 is 0 Å². The quantitative estimate of drug-likeness (QED) is 0.465. The third kappa shape index (κ3) is 6.55. The van der Waals surface area contributed by atoms with E-state index in [1.165, 1.54) is 4.90 Å². The molecule has 1 aromatic rings. The van der Waals surface area contributed by atoms with E-state index in [0.717, 1.165) is 31.9 Å². The molecule has 1 saturated carbocycles. The molecule has 0 bridgehead atoms. The molecule has 30 heavy (non-hydrogen) atoms. The van der Waals surface area contributed by atoms with Gasteiger partial charge in [-0.2, -0.15) is 0 Å². The average Bonchev–Trinajstić information content (AvgIpc) is 3.42. The zero-order valence-electron chi connectivity index (χ0n) is 16.9. The van der Waals surface area contributed by atoms with E-state index in [1.54, 1.807) is 0 Å². The summed E-state index contributed by atoms with van der Waals surface area (Å²) in [5.74, 6) is -5.90. The van der Waals surface area contributed by atoms with Gasteiger partial charge in [-0.15, -0.1) is 0 Å². The Bertz CT molecular complexity index is 728. The normalized spacial score (nSPS) is 22.7. The van der Waals surface area contributed by atoms with E-state index < -0.39 is 41.7 Å². The zero-order chi connectivity index (χ0) is 21.9. The van der Waals surface area contributed by atoms with Crippen LogP contribution in [0.15, 0.2) is 12.1 Å². The molecule has 1 aliphatic carbocycles. The fourth-order valence-electron chi connectivity index (χ4n) is 3.75. The summed E-state index contributed by atoms with van der Waals surface area (Å²) in [6.07, 6.45) is 1.85. The number of ether oxygens (including phenoxy) is 1. The van der Waals surface area contributed by atoms with Gasteiger partial charge in [0, 0.05) is 31.6 Å². The highest BCUT2D eigenvalue weighted by Gasteiger charge is 2.33. The Labute approximate surface area is 172 Å². The van der Waals surface area contributed by atoms with Crippen molar-refractivity contribution < 1.29 is 31.5 Å². The minimum absolute atomic E-state index is 0.0168. The van der Waals surface area contributed by atoms with Gasteiger partial charge in [-0.25, -0.2) is 22.0 Å². The zero-order valence-corrected chi connectivity index (χ0v) is 16.9. The lowest BCUT2D eigenvalue weighted by molar-refractivity contribution is -0.0355. The topological polar surface area (TPSA) is 41.6 Å². The largest absolute Gasteiger partial charge is 0.493 e. The lowest BCUT2D eigenvalue weighted by atomic mass is 9.90. The molecule has 9 heteroatoms. The second kappa shape index (κ2) is 9.49. The number of piperidine rings is 1. The fraction of sp³-hybridized carbons (Fsp3) is 0.667. The Morgan fingerprint density at radius 3 is 2.47 bits per heavy atom. The monoisotopic (exact) mass is 434 g/mol. The van der Waals surface area contributed by atoms with E-state index in [1.807, 2.05) is 0 Å². The summed E-state index contributed by atoms with van der Waals surface area (Å²) in [6, 6.07) is 1.91. The fourth-order valence-corrected chi connectivity index (χ4v) is 3.75. The third-order valence-electron chi connectivity index (χ3n) is 5.40. The number of hydrogen-bond acceptors (Lipinski definition) is 3. The van der Waals surface area contributed by atoms with Crippen LogP contribution < -0.4 is 10.1 Å². The van der Waals surface area contributed by atoms with Crippen LogP contribution in [0.4, 0.5) is 22.0 Å².